The molecule has 88 valence electrons. The monoisotopic (exact) mass is 223 g/mol. The predicted molar refractivity (Wildman–Crippen MR) is 62.9 cm³/mol. The molecule has 0 heterocycles. The second-order valence-electron chi connectivity index (χ2n) is 4.17. The number of Topliss-reactive ketones (excluding diaryl/α,β-unsaturated/α-hetero) is 1. The third-order valence-corrected chi connectivity index (χ3v) is 2.30. The van der Waals surface area contributed by atoms with E-state index in [1.807, 2.05) is 13.8 Å². The van der Waals surface area contributed by atoms with Crippen LogP contribution in [0.5, 0.6) is 0 Å². The molecule has 3 heteroatoms. The molecular weight excluding hydrogens is 205 g/mol. The summed E-state index contributed by atoms with van der Waals surface area (Å²) >= 11 is 0. The molecule has 1 N–H and O–H groups in total. The zero-order valence-corrected chi connectivity index (χ0v) is 9.79. The molecular formula is C13H18FNO. The lowest BCUT2D eigenvalue weighted by Crippen LogP contribution is -2.25. The fourth-order valence-corrected chi connectivity index (χ4v) is 1.44. The van der Waals surface area contributed by atoms with Crippen LogP contribution in [-0.2, 0) is 11.2 Å². The Morgan fingerprint density at radius 2 is 2.06 bits per heavy atom. The molecule has 0 unspecified atom stereocenters. The number of carbonyl (C=O) groups excluding carboxylic acids is 1. The summed E-state index contributed by atoms with van der Waals surface area (Å²) in [5, 5.41) is 3.16. The Balaban J connectivity index is 2.37. The second-order valence-corrected chi connectivity index (χ2v) is 4.17. The molecule has 2 nitrogen and oxygen atoms in total. The van der Waals surface area contributed by atoms with Crippen molar-refractivity contribution in [1.82, 2.24) is 5.32 Å². The van der Waals surface area contributed by atoms with Gasteiger partial charge in [0.2, 0.25) is 0 Å². The first-order valence-electron chi connectivity index (χ1n) is 5.58. The first-order chi connectivity index (χ1) is 7.59. The van der Waals surface area contributed by atoms with E-state index in [1.165, 1.54) is 6.07 Å². The molecule has 0 spiro atoms. The molecule has 1 rings (SSSR count). The van der Waals surface area contributed by atoms with E-state index < -0.39 is 0 Å². The van der Waals surface area contributed by atoms with Crippen molar-refractivity contribution < 1.29 is 9.18 Å². The Bertz CT molecular complexity index is 350. The maximum Gasteiger partial charge on any atom is 0.138 e. The predicted octanol–water partition coefficient (Wildman–Crippen LogP) is 2.33. The van der Waals surface area contributed by atoms with Gasteiger partial charge in [-0.25, -0.2) is 4.39 Å². The van der Waals surface area contributed by atoms with Crippen molar-refractivity contribution in [2.45, 2.75) is 32.7 Å². The minimum atomic E-state index is -0.298. The minimum absolute atomic E-state index is 0.0678. The van der Waals surface area contributed by atoms with Crippen LogP contribution in [0.25, 0.3) is 0 Å². The van der Waals surface area contributed by atoms with E-state index in [0.29, 0.717) is 24.6 Å². The van der Waals surface area contributed by atoms with Crippen LogP contribution in [0.1, 0.15) is 25.8 Å². The van der Waals surface area contributed by atoms with Crippen molar-refractivity contribution in [2.75, 3.05) is 6.54 Å². The number of hydrogen-bond acceptors (Lipinski definition) is 2. The summed E-state index contributed by atoms with van der Waals surface area (Å²) < 4.78 is 13.2. The third kappa shape index (κ3) is 4.53. The fourth-order valence-electron chi connectivity index (χ4n) is 1.44. The van der Waals surface area contributed by atoms with Crippen LogP contribution in [0.15, 0.2) is 24.3 Å². The van der Waals surface area contributed by atoms with Gasteiger partial charge < -0.3 is 5.32 Å². The van der Waals surface area contributed by atoms with Crippen LogP contribution in [-0.4, -0.2) is 18.4 Å². The zero-order valence-electron chi connectivity index (χ0n) is 9.79. The summed E-state index contributed by atoms with van der Waals surface area (Å²) in [6.07, 6.45) is 0.638. The highest BCUT2D eigenvalue weighted by Gasteiger charge is 2.07. The molecule has 0 aromatic heterocycles. The highest BCUT2D eigenvalue weighted by Crippen LogP contribution is 2.08. The maximum absolute atomic E-state index is 13.2. The SMILES string of the molecule is CC(C)NCCC(=O)Cc1ccccc1F. The molecule has 0 saturated heterocycles. The van der Waals surface area contributed by atoms with Crippen molar-refractivity contribution in [1.29, 1.82) is 0 Å². The molecule has 0 aliphatic carbocycles. The molecule has 16 heavy (non-hydrogen) atoms. The fraction of sp³-hybridized carbons (Fsp3) is 0.462. The average Bonchev–Trinajstić information content (AvgIpc) is 2.21. The summed E-state index contributed by atoms with van der Waals surface area (Å²) in [4.78, 5) is 11.5. The van der Waals surface area contributed by atoms with Gasteiger partial charge in [0.25, 0.3) is 0 Å². The van der Waals surface area contributed by atoms with E-state index >= 15 is 0 Å². The van der Waals surface area contributed by atoms with Crippen LogP contribution >= 0.6 is 0 Å². The number of nitrogens with one attached hydrogen (secondary N) is 1. The molecule has 0 amide bonds. The van der Waals surface area contributed by atoms with Gasteiger partial charge in [-0.2, -0.15) is 0 Å². The van der Waals surface area contributed by atoms with Crippen LogP contribution in [0.3, 0.4) is 0 Å². The number of carbonyl (C=O) groups is 1. The van der Waals surface area contributed by atoms with E-state index in [0.717, 1.165) is 0 Å². The first kappa shape index (κ1) is 12.8. The van der Waals surface area contributed by atoms with E-state index in [1.54, 1.807) is 18.2 Å². The van der Waals surface area contributed by atoms with Crippen molar-refractivity contribution >= 4 is 5.78 Å². The summed E-state index contributed by atoms with van der Waals surface area (Å²) in [6, 6.07) is 6.79. The van der Waals surface area contributed by atoms with E-state index in [9.17, 15) is 9.18 Å². The lowest BCUT2D eigenvalue weighted by molar-refractivity contribution is -0.118. The first-order valence-corrected chi connectivity index (χ1v) is 5.58. The smallest absolute Gasteiger partial charge is 0.138 e. The van der Waals surface area contributed by atoms with Gasteiger partial charge >= 0.3 is 0 Å². The topological polar surface area (TPSA) is 29.1 Å². The number of ketones is 1. The quantitative estimate of drug-likeness (QED) is 0.802. The van der Waals surface area contributed by atoms with Crippen LogP contribution in [0.4, 0.5) is 4.39 Å². The van der Waals surface area contributed by atoms with Crippen molar-refractivity contribution in [3.8, 4) is 0 Å². The summed E-state index contributed by atoms with van der Waals surface area (Å²) in [7, 11) is 0. The van der Waals surface area contributed by atoms with E-state index in [2.05, 4.69) is 5.32 Å². The maximum atomic E-state index is 13.2. The normalized spacial score (nSPS) is 10.8. The van der Waals surface area contributed by atoms with Crippen molar-refractivity contribution in [3.63, 3.8) is 0 Å². The summed E-state index contributed by atoms with van der Waals surface area (Å²) in [5.74, 6) is -0.231. The third-order valence-electron chi connectivity index (χ3n) is 2.30. The second kappa shape index (κ2) is 6.38. The Kier molecular flexibility index (Phi) is 5.12. The lowest BCUT2D eigenvalue weighted by atomic mass is 10.1. The number of halogens is 1. The van der Waals surface area contributed by atoms with Crippen molar-refractivity contribution in [3.05, 3.63) is 35.6 Å². The Hall–Kier alpha value is -1.22. The van der Waals surface area contributed by atoms with E-state index in [4.69, 9.17) is 0 Å². The van der Waals surface area contributed by atoms with Crippen LogP contribution in [0, 0.1) is 5.82 Å². The lowest BCUT2D eigenvalue weighted by Gasteiger charge is -2.07. The van der Waals surface area contributed by atoms with Gasteiger partial charge in [0.1, 0.15) is 11.6 Å². The highest BCUT2D eigenvalue weighted by atomic mass is 19.1. The minimum Gasteiger partial charge on any atom is -0.314 e. The number of rotatable bonds is 6. The van der Waals surface area contributed by atoms with Gasteiger partial charge in [0, 0.05) is 25.4 Å². The summed E-state index contributed by atoms with van der Waals surface area (Å²) in [5.41, 5.74) is 0.483. The standard InChI is InChI=1S/C13H18FNO/c1-10(2)15-8-7-12(16)9-11-5-3-4-6-13(11)14/h3-6,10,15H,7-9H2,1-2H3. The van der Waals surface area contributed by atoms with Gasteiger partial charge in [-0.05, 0) is 11.6 Å². The summed E-state index contributed by atoms with van der Waals surface area (Å²) in [6.45, 7) is 4.72. The van der Waals surface area contributed by atoms with Gasteiger partial charge in [-0.1, -0.05) is 32.0 Å². The number of benzene rings is 1. The number of hydrogen-bond donors (Lipinski definition) is 1. The van der Waals surface area contributed by atoms with Crippen LogP contribution < -0.4 is 5.32 Å². The van der Waals surface area contributed by atoms with Crippen LogP contribution in [0.2, 0.25) is 0 Å². The zero-order chi connectivity index (χ0) is 12.0. The molecule has 0 bridgehead atoms. The Morgan fingerprint density at radius 1 is 1.38 bits per heavy atom. The van der Waals surface area contributed by atoms with Gasteiger partial charge in [-0.3, -0.25) is 4.79 Å². The van der Waals surface area contributed by atoms with Gasteiger partial charge in [0.15, 0.2) is 0 Å². The Morgan fingerprint density at radius 3 is 2.69 bits per heavy atom. The van der Waals surface area contributed by atoms with Gasteiger partial charge in [0.05, 0.1) is 0 Å². The largest absolute Gasteiger partial charge is 0.314 e. The molecule has 1 aromatic carbocycles. The average molecular weight is 223 g/mol. The molecule has 0 atom stereocenters. The van der Waals surface area contributed by atoms with E-state index in [-0.39, 0.29) is 18.0 Å². The van der Waals surface area contributed by atoms with Gasteiger partial charge in [-0.15, -0.1) is 0 Å². The molecule has 0 radical (unpaired) electrons. The molecule has 0 fully saturated rings. The highest BCUT2D eigenvalue weighted by molar-refractivity contribution is 5.81. The molecule has 0 aliphatic heterocycles. The Labute approximate surface area is 95.9 Å². The van der Waals surface area contributed by atoms with Crippen molar-refractivity contribution in [2.24, 2.45) is 0 Å². The molecule has 1 aromatic rings. The molecule has 0 saturated carbocycles. The molecule has 0 aliphatic rings.